The molecule has 0 aliphatic carbocycles. The molecular formula is C18H32O16. The fourth-order valence-corrected chi connectivity index (χ4v) is 3.95. The van der Waals surface area contributed by atoms with E-state index >= 15 is 0 Å². The van der Waals surface area contributed by atoms with Crippen molar-refractivity contribution in [3.05, 3.63) is 0 Å². The second-order valence-electron chi connectivity index (χ2n) is 8.37. The third-order valence-electron chi connectivity index (χ3n) is 6.07. The van der Waals surface area contributed by atoms with Gasteiger partial charge in [-0.15, -0.1) is 0 Å². The van der Waals surface area contributed by atoms with E-state index in [4.69, 9.17) is 23.7 Å². The van der Waals surface area contributed by atoms with Crippen LogP contribution < -0.4 is 0 Å². The highest BCUT2D eigenvalue weighted by atomic mass is 16.7. The first-order chi connectivity index (χ1) is 16.0. The molecule has 0 aromatic rings. The quantitative estimate of drug-likeness (QED) is 0.154. The normalized spacial score (nSPS) is 52.5. The van der Waals surface area contributed by atoms with Gasteiger partial charge in [0.1, 0.15) is 73.2 Å². The predicted molar refractivity (Wildman–Crippen MR) is 101 cm³/mol. The molecule has 0 radical (unpaired) electrons. The molecule has 3 rings (SSSR count). The van der Waals surface area contributed by atoms with Crippen molar-refractivity contribution in [2.75, 3.05) is 19.8 Å². The molecule has 3 saturated heterocycles. The Morgan fingerprint density at radius 2 is 1.00 bits per heavy atom. The zero-order valence-electron chi connectivity index (χ0n) is 17.7. The lowest BCUT2D eigenvalue weighted by Gasteiger charge is -2.46. The van der Waals surface area contributed by atoms with Crippen LogP contribution in [0.15, 0.2) is 0 Å². The molecule has 16 nitrogen and oxygen atoms in total. The van der Waals surface area contributed by atoms with Crippen molar-refractivity contribution in [3.8, 4) is 0 Å². The van der Waals surface area contributed by atoms with Crippen molar-refractivity contribution < 1.29 is 79.9 Å². The summed E-state index contributed by atoms with van der Waals surface area (Å²) in [6.07, 6.45) is -25.0. The summed E-state index contributed by atoms with van der Waals surface area (Å²) in [6.45, 7) is -2.08. The van der Waals surface area contributed by atoms with E-state index in [0.717, 1.165) is 0 Å². The Balaban J connectivity index is 1.72. The van der Waals surface area contributed by atoms with Crippen LogP contribution in [-0.4, -0.2) is 168 Å². The van der Waals surface area contributed by atoms with Gasteiger partial charge in [-0.2, -0.15) is 0 Å². The summed E-state index contributed by atoms with van der Waals surface area (Å²) in [4.78, 5) is 0. The molecule has 0 aromatic carbocycles. The van der Waals surface area contributed by atoms with Crippen LogP contribution in [-0.2, 0) is 23.7 Å². The zero-order valence-corrected chi connectivity index (χ0v) is 17.7. The summed E-state index contributed by atoms with van der Waals surface area (Å²) >= 11 is 0. The summed E-state index contributed by atoms with van der Waals surface area (Å²) in [5.41, 5.74) is 0. The molecule has 16 heteroatoms. The molecule has 0 amide bonds. The Bertz CT molecular complexity index is 637. The first kappa shape index (κ1) is 27.9. The SMILES string of the molecule is OC[C@H]1OC(OC[C@H]2OC(O)[C@H](O)[C@@H](O)[C@H]2OC2O[C@H](CO)[C@@H](O)[C@H](O)[C@H]2O)[C@H](O)[C@@H](O)[C@@H]1O. The standard InChI is InChI=1S/C18H32O16/c19-1-4-7(21)9(23)13(27)17(32-4)30-3-6-15(11(25)12(26)16(29)31-6)34-18-14(28)10(24)8(22)5(2-20)33-18/h4-29H,1-3H2/t4-,5-,6-,7-,8-,9+,10+,11-,12-,13-,14-,15+,16?,17?,18?/m1/s1. The Morgan fingerprint density at radius 3 is 1.53 bits per heavy atom. The van der Waals surface area contributed by atoms with E-state index in [1.165, 1.54) is 0 Å². The molecule has 0 bridgehead atoms. The number of ether oxygens (including phenoxy) is 5. The van der Waals surface area contributed by atoms with Gasteiger partial charge in [0.05, 0.1) is 19.8 Å². The van der Waals surface area contributed by atoms with E-state index in [9.17, 15) is 56.2 Å². The molecule has 3 aliphatic rings. The van der Waals surface area contributed by atoms with E-state index in [1.807, 2.05) is 0 Å². The van der Waals surface area contributed by atoms with Gasteiger partial charge < -0.3 is 79.9 Å². The Labute approximate surface area is 192 Å². The molecule has 0 aromatic heterocycles. The first-order valence-electron chi connectivity index (χ1n) is 10.6. The van der Waals surface area contributed by atoms with Crippen LogP contribution >= 0.6 is 0 Å². The van der Waals surface area contributed by atoms with E-state index < -0.39 is 112 Å². The third-order valence-corrected chi connectivity index (χ3v) is 6.07. The van der Waals surface area contributed by atoms with Crippen molar-refractivity contribution in [1.82, 2.24) is 0 Å². The minimum absolute atomic E-state index is 0.619. The van der Waals surface area contributed by atoms with Crippen LogP contribution in [0.5, 0.6) is 0 Å². The maximum atomic E-state index is 10.4. The molecule has 11 N–H and O–H groups in total. The smallest absolute Gasteiger partial charge is 0.187 e. The van der Waals surface area contributed by atoms with Gasteiger partial charge in [0, 0.05) is 0 Å². The minimum atomic E-state index is -1.91. The third kappa shape index (κ3) is 5.52. The number of hydrogen-bond donors (Lipinski definition) is 11. The number of aliphatic hydroxyl groups excluding tert-OH is 11. The molecule has 3 aliphatic heterocycles. The number of rotatable bonds is 7. The Morgan fingerprint density at radius 1 is 0.500 bits per heavy atom. The maximum absolute atomic E-state index is 10.4. The lowest BCUT2D eigenvalue weighted by molar-refractivity contribution is -0.363. The summed E-state index contributed by atoms with van der Waals surface area (Å²) in [7, 11) is 0. The topological polar surface area (TPSA) is 269 Å². The average molecular weight is 504 g/mol. The molecule has 34 heavy (non-hydrogen) atoms. The molecule has 0 spiro atoms. The van der Waals surface area contributed by atoms with Crippen LogP contribution in [0, 0.1) is 0 Å². The van der Waals surface area contributed by atoms with Crippen molar-refractivity contribution >= 4 is 0 Å². The average Bonchev–Trinajstić information content (AvgIpc) is 2.82. The highest BCUT2D eigenvalue weighted by Gasteiger charge is 2.51. The van der Waals surface area contributed by atoms with Gasteiger partial charge in [-0.3, -0.25) is 0 Å². The number of hydrogen-bond acceptors (Lipinski definition) is 16. The fourth-order valence-electron chi connectivity index (χ4n) is 3.95. The summed E-state index contributed by atoms with van der Waals surface area (Å²) in [5.74, 6) is 0. The van der Waals surface area contributed by atoms with Gasteiger partial charge in [-0.25, -0.2) is 0 Å². The van der Waals surface area contributed by atoms with E-state index in [-0.39, 0.29) is 0 Å². The highest BCUT2D eigenvalue weighted by Crippen LogP contribution is 2.30. The lowest BCUT2D eigenvalue weighted by atomic mass is 9.97. The van der Waals surface area contributed by atoms with E-state index in [0.29, 0.717) is 0 Å². The van der Waals surface area contributed by atoms with Crippen LogP contribution in [0.25, 0.3) is 0 Å². The Kier molecular flexibility index (Phi) is 9.54. The van der Waals surface area contributed by atoms with Gasteiger partial charge in [-0.05, 0) is 0 Å². The van der Waals surface area contributed by atoms with Crippen molar-refractivity contribution in [1.29, 1.82) is 0 Å². The van der Waals surface area contributed by atoms with Crippen LogP contribution in [0.4, 0.5) is 0 Å². The van der Waals surface area contributed by atoms with Gasteiger partial charge in [-0.1, -0.05) is 0 Å². The van der Waals surface area contributed by atoms with Crippen LogP contribution in [0.1, 0.15) is 0 Å². The van der Waals surface area contributed by atoms with Gasteiger partial charge in [0.2, 0.25) is 0 Å². The summed E-state index contributed by atoms with van der Waals surface area (Å²) < 4.78 is 26.4. The van der Waals surface area contributed by atoms with Crippen molar-refractivity contribution in [3.63, 3.8) is 0 Å². The van der Waals surface area contributed by atoms with Crippen molar-refractivity contribution in [2.24, 2.45) is 0 Å². The van der Waals surface area contributed by atoms with Crippen LogP contribution in [0.3, 0.4) is 0 Å². The van der Waals surface area contributed by atoms with Crippen LogP contribution in [0.2, 0.25) is 0 Å². The van der Waals surface area contributed by atoms with Gasteiger partial charge in [0.25, 0.3) is 0 Å². The molecule has 3 unspecified atom stereocenters. The second kappa shape index (κ2) is 11.6. The summed E-state index contributed by atoms with van der Waals surface area (Å²) in [6, 6.07) is 0. The predicted octanol–water partition coefficient (Wildman–Crippen LogP) is -7.57. The summed E-state index contributed by atoms with van der Waals surface area (Å²) in [5, 5.41) is 109. The largest absolute Gasteiger partial charge is 0.394 e. The highest BCUT2D eigenvalue weighted by molar-refractivity contribution is 4.94. The molecule has 3 heterocycles. The van der Waals surface area contributed by atoms with Crippen molar-refractivity contribution in [2.45, 2.75) is 92.1 Å². The molecule has 15 atom stereocenters. The monoisotopic (exact) mass is 504 g/mol. The molecule has 3 fully saturated rings. The maximum Gasteiger partial charge on any atom is 0.187 e. The van der Waals surface area contributed by atoms with Gasteiger partial charge in [0.15, 0.2) is 18.9 Å². The molecular weight excluding hydrogens is 472 g/mol. The van der Waals surface area contributed by atoms with Gasteiger partial charge >= 0.3 is 0 Å². The first-order valence-corrected chi connectivity index (χ1v) is 10.6. The Hall–Kier alpha value is -0.640. The minimum Gasteiger partial charge on any atom is -0.394 e. The lowest BCUT2D eigenvalue weighted by Crippen LogP contribution is -2.65. The van der Waals surface area contributed by atoms with E-state index in [1.54, 1.807) is 0 Å². The number of aliphatic hydroxyl groups is 11. The molecule has 0 saturated carbocycles. The second-order valence-corrected chi connectivity index (χ2v) is 8.37. The molecule has 200 valence electrons. The fraction of sp³-hybridized carbons (Fsp3) is 1.00. The van der Waals surface area contributed by atoms with E-state index in [2.05, 4.69) is 0 Å². The zero-order chi connectivity index (χ0) is 25.3.